The number of pyridine rings is 1. The lowest BCUT2D eigenvalue weighted by molar-refractivity contribution is 0.0206. The minimum absolute atomic E-state index is 0.0251. The molecule has 3 heterocycles. The van der Waals surface area contributed by atoms with Crippen LogP contribution in [0, 0.1) is 17.1 Å². The first-order valence-corrected chi connectivity index (χ1v) is 10.8. The Labute approximate surface area is 191 Å². The number of benzene rings is 1. The lowest BCUT2D eigenvalue weighted by Gasteiger charge is -2.34. The molecule has 0 saturated carbocycles. The van der Waals surface area contributed by atoms with Crippen molar-refractivity contribution >= 4 is 29.2 Å². The van der Waals surface area contributed by atoms with Gasteiger partial charge < -0.3 is 20.3 Å². The first-order valence-electron chi connectivity index (χ1n) is 10.8. The highest BCUT2D eigenvalue weighted by Crippen LogP contribution is 2.22. The van der Waals surface area contributed by atoms with E-state index in [0.717, 1.165) is 18.7 Å². The Balaban J connectivity index is 1.48. The molecule has 172 valence electrons. The maximum Gasteiger partial charge on any atom is 0.410 e. The summed E-state index contributed by atoms with van der Waals surface area (Å²) in [5, 5.41) is 19.8. The molecule has 2 N–H and O–H groups in total. The summed E-state index contributed by atoms with van der Waals surface area (Å²) in [6.07, 6.45) is 1.45. The molecule has 0 bridgehead atoms. The summed E-state index contributed by atoms with van der Waals surface area (Å²) in [6, 6.07) is 11.6. The maximum atomic E-state index is 13.9. The Morgan fingerprint density at radius 1 is 1.30 bits per heavy atom. The van der Waals surface area contributed by atoms with Crippen molar-refractivity contribution in [1.82, 2.24) is 19.5 Å². The number of amides is 1. The number of nitrogens with one attached hydrogen (secondary N) is 2. The van der Waals surface area contributed by atoms with Crippen LogP contribution in [0.2, 0.25) is 0 Å². The molecular formula is C23H26FN7O2. The van der Waals surface area contributed by atoms with E-state index in [4.69, 9.17) is 10.00 Å². The molecule has 1 aliphatic heterocycles. The Morgan fingerprint density at radius 3 is 2.85 bits per heavy atom. The number of likely N-dealkylation sites (tertiary alicyclic amines) is 1. The van der Waals surface area contributed by atoms with Gasteiger partial charge in [-0.3, -0.25) is 0 Å². The van der Waals surface area contributed by atoms with Gasteiger partial charge in [0.2, 0.25) is 5.95 Å². The van der Waals surface area contributed by atoms with Crippen LogP contribution in [0.5, 0.6) is 0 Å². The van der Waals surface area contributed by atoms with Crippen LogP contribution in [0.15, 0.2) is 36.4 Å². The number of hydrogen-bond acceptors (Lipinski definition) is 7. The number of halogens is 1. The van der Waals surface area contributed by atoms with Gasteiger partial charge in [0.25, 0.3) is 0 Å². The van der Waals surface area contributed by atoms with E-state index in [2.05, 4.69) is 20.7 Å². The highest BCUT2D eigenvalue weighted by atomic mass is 19.1. The third kappa shape index (κ3) is 5.31. The lowest BCUT2D eigenvalue weighted by Crippen LogP contribution is -2.47. The van der Waals surface area contributed by atoms with Crippen LogP contribution < -0.4 is 10.6 Å². The number of carbonyl (C=O) groups excluding carboxylic acids is 1. The predicted octanol–water partition coefficient (Wildman–Crippen LogP) is 4.30. The van der Waals surface area contributed by atoms with Crippen LogP contribution in [-0.4, -0.2) is 50.3 Å². The van der Waals surface area contributed by atoms with Crippen molar-refractivity contribution in [2.24, 2.45) is 0 Å². The number of hydrogen-bond donors (Lipinski definition) is 2. The van der Waals surface area contributed by atoms with E-state index in [0.29, 0.717) is 30.4 Å². The number of piperidine rings is 1. The molecule has 33 heavy (non-hydrogen) atoms. The minimum Gasteiger partial charge on any atom is -0.444 e. The van der Waals surface area contributed by atoms with E-state index in [9.17, 15) is 9.18 Å². The van der Waals surface area contributed by atoms with Crippen LogP contribution in [0.1, 0.15) is 39.2 Å². The standard InChI is InChI=1S/C23H26FN7O2/c1-23(2,3)33-22(32)30-11-5-6-17(14-30)26-19-7-4-8-20-28-21(29-31(19)20)27-16-10-9-15(13-25)18(24)12-16/h4,7-10,12,17,26H,5-6,11,14H2,1-3H3,(H,27,29). The van der Waals surface area contributed by atoms with E-state index < -0.39 is 11.4 Å². The molecule has 3 aromatic rings. The highest BCUT2D eigenvalue weighted by Gasteiger charge is 2.28. The molecule has 9 nitrogen and oxygen atoms in total. The molecule has 0 radical (unpaired) electrons. The number of carbonyl (C=O) groups is 1. The van der Waals surface area contributed by atoms with Crippen molar-refractivity contribution < 1.29 is 13.9 Å². The molecule has 10 heteroatoms. The molecule has 1 amide bonds. The second-order valence-electron chi connectivity index (χ2n) is 8.96. The molecular weight excluding hydrogens is 425 g/mol. The van der Waals surface area contributed by atoms with Crippen LogP contribution >= 0.6 is 0 Å². The van der Waals surface area contributed by atoms with Crippen molar-refractivity contribution in [3.63, 3.8) is 0 Å². The van der Waals surface area contributed by atoms with E-state index in [1.165, 1.54) is 12.1 Å². The van der Waals surface area contributed by atoms with Gasteiger partial charge in [-0.05, 0) is 63.9 Å². The molecule has 1 fully saturated rings. The normalized spacial score (nSPS) is 16.3. The van der Waals surface area contributed by atoms with Gasteiger partial charge in [-0.15, -0.1) is 5.10 Å². The average Bonchev–Trinajstić information content (AvgIpc) is 3.16. The smallest absolute Gasteiger partial charge is 0.410 e. The van der Waals surface area contributed by atoms with Crippen LogP contribution in [0.4, 0.5) is 26.6 Å². The lowest BCUT2D eigenvalue weighted by atomic mass is 10.1. The highest BCUT2D eigenvalue weighted by molar-refractivity contribution is 5.68. The first-order chi connectivity index (χ1) is 15.7. The third-order valence-corrected chi connectivity index (χ3v) is 5.13. The fourth-order valence-corrected chi connectivity index (χ4v) is 3.68. The van der Waals surface area contributed by atoms with E-state index >= 15 is 0 Å². The topological polar surface area (TPSA) is 108 Å². The van der Waals surface area contributed by atoms with Gasteiger partial charge in [0.15, 0.2) is 5.65 Å². The molecule has 1 aliphatic rings. The largest absolute Gasteiger partial charge is 0.444 e. The van der Waals surface area contributed by atoms with Crippen molar-refractivity contribution in [2.75, 3.05) is 23.7 Å². The summed E-state index contributed by atoms with van der Waals surface area (Å²) in [5.74, 6) is 0.419. The third-order valence-electron chi connectivity index (χ3n) is 5.13. The Kier molecular flexibility index (Phi) is 6.05. The van der Waals surface area contributed by atoms with Gasteiger partial charge in [0.1, 0.15) is 23.3 Å². The SMILES string of the molecule is CC(C)(C)OC(=O)N1CCCC(Nc2cccc3nc(Nc4ccc(C#N)c(F)c4)nn23)C1. The summed E-state index contributed by atoms with van der Waals surface area (Å²) in [5.41, 5.74) is 0.488. The number of ether oxygens (including phenoxy) is 1. The minimum atomic E-state index is -0.611. The van der Waals surface area contributed by atoms with Crippen molar-refractivity contribution in [3.8, 4) is 6.07 Å². The fourth-order valence-electron chi connectivity index (χ4n) is 3.68. The molecule has 0 spiro atoms. The van der Waals surface area contributed by atoms with Gasteiger partial charge in [0.05, 0.1) is 5.56 Å². The van der Waals surface area contributed by atoms with Gasteiger partial charge in [-0.2, -0.15) is 14.8 Å². The summed E-state index contributed by atoms with van der Waals surface area (Å²) in [4.78, 5) is 18.6. The summed E-state index contributed by atoms with van der Waals surface area (Å²) >= 11 is 0. The maximum absolute atomic E-state index is 13.9. The van der Waals surface area contributed by atoms with E-state index in [-0.39, 0.29) is 17.7 Å². The number of anilines is 3. The number of fused-ring (bicyclic) bond motifs is 1. The van der Waals surface area contributed by atoms with Crippen LogP contribution in [-0.2, 0) is 4.74 Å². The quantitative estimate of drug-likeness (QED) is 0.609. The van der Waals surface area contributed by atoms with Gasteiger partial charge in [-0.1, -0.05) is 6.07 Å². The first kappa shape index (κ1) is 22.3. The molecule has 1 aromatic carbocycles. The number of nitrogens with zero attached hydrogens (tertiary/aromatic N) is 5. The Morgan fingerprint density at radius 2 is 2.12 bits per heavy atom. The van der Waals surface area contributed by atoms with Gasteiger partial charge in [-0.25, -0.2) is 9.18 Å². The predicted molar refractivity (Wildman–Crippen MR) is 122 cm³/mol. The summed E-state index contributed by atoms with van der Waals surface area (Å²) < 4.78 is 21.1. The Bertz CT molecular complexity index is 1210. The molecule has 4 rings (SSSR count). The van der Waals surface area contributed by atoms with Gasteiger partial charge in [0, 0.05) is 24.8 Å². The number of nitriles is 1. The molecule has 2 aromatic heterocycles. The zero-order chi connectivity index (χ0) is 23.6. The number of aromatic nitrogens is 3. The Hall–Kier alpha value is -3.87. The van der Waals surface area contributed by atoms with E-state index in [1.54, 1.807) is 21.6 Å². The monoisotopic (exact) mass is 451 g/mol. The van der Waals surface area contributed by atoms with Crippen molar-refractivity contribution in [2.45, 2.75) is 45.3 Å². The van der Waals surface area contributed by atoms with E-state index in [1.807, 2.05) is 39.0 Å². The molecule has 1 unspecified atom stereocenters. The van der Waals surface area contributed by atoms with Crippen molar-refractivity contribution in [1.29, 1.82) is 5.26 Å². The zero-order valence-corrected chi connectivity index (χ0v) is 18.8. The van der Waals surface area contributed by atoms with Crippen molar-refractivity contribution in [3.05, 3.63) is 47.8 Å². The molecule has 1 saturated heterocycles. The van der Waals surface area contributed by atoms with Crippen LogP contribution in [0.25, 0.3) is 5.65 Å². The summed E-state index contributed by atoms with van der Waals surface area (Å²) in [7, 11) is 0. The molecule has 1 atom stereocenters. The summed E-state index contributed by atoms with van der Waals surface area (Å²) in [6.45, 7) is 6.75. The second kappa shape index (κ2) is 8.94. The zero-order valence-electron chi connectivity index (χ0n) is 18.8. The molecule has 0 aliphatic carbocycles. The van der Waals surface area contributed by atoms with Gasteiger partial charge >= 0.3 is 6.09 Å². The van der Waals surface area contributed by atoms with Crippen LogP contribution in [0.3, 0.4) is 0 Å². The number of rotatable bonds is 4. The fraction of sp³-hybridized carbons (Fsp3) is 0.391. The second-order valence-corrected chi connectivity index (χ2v) is 8.96. The average molecular weight is 452 g/mol.